The van der Waals surface area contributed by atoms with E-state index in [1.807, 2.05) is 18.2 Å². The summed E-state index contributed by atoms with van der Waals surface area (Å²) in [6.07, 6.45) is 1.79. The minimum atomic E-state index is 0.0494. The van der Waals surface area contributed by atoms with E-state index in [0.29, 0.717) is 6.54 Å². The molecule has 0 aliphatic carbocycles. The van der Waals surface area contributed by atoms with Crippen molar-refractivity contribution in [2.75, 3.05) is 11.9 Å². The topological polar surface area (TPSA) is 50.9 Å². The number of nitrogens with one attached hydrogen (secondary N) is 1. The minimum Gasteiger partial charge on any atom is -0.375 e. The third-order valence-corrected chi connectivity index (χ3v) is 3.13. The number of pyridine rings is 1. The summed E-state index contributed by atoms with van der Waals surface area (Å²) in [7, 11) is 0. The van der Waals surface area contributed by atoms with Crippen molar-refractivity contribution >= 4 is 5.69 Å². The molecule has 1 aromatic heterocycles. The third kappa shape index (κ3) is 2.87. The average molecular weight is 241 g/mol. The van der Waals surface area contributed by atoms with Gasteiger partial charge in [-0.15, -0.1) is 0 Å². The van der Waals surface area contributed by atoms with Gasteiger partial charge in [0.05, 0.1) is 11.7 Å². The quantitative estimate of drug-likeness (QED) is 0.865. The highest BCUT2D eigenvalue weighted by atomic mass is 15.0. The lowest BCUT2D eigenvalue weighted by atomic mass is 10.1. The Balaban J connectivity index is 2.18. The van der Waals surface area contributed by atoms with Crippen LogP contribution in [0.1, 0.15) is 22.9 Å². The number of hydrogen-bond donors (Lipinski definition) is 2. The number of aromatic nitrogens is 1. The van der Waals surface area contributed by atoms with Gasteiger partial charge >= 0.3 is 0 Å². The van der Waals surface area contributed by atoms with Gasteiger partial charge in [0.1, 0.15) is 0 Å². The fourth-order valence-corrected chi connectivity index (χ4v) is 1.87. The Morgan fingerprint density at radius 2 is 2.00 bits per heavy atom. The van der Waals surface area contributed by atoms with Gasteiger partial charge in [0, 0.05) is 18.4 Å². The molecule has 1 unspecified atom stereocenters. The maximum atomic E-state index is 5.82. The molecule has 3 nitrogen and oxygen atoms in total. The van der Waals surface area contributed by atoms with Crippen LogP contribution in [0, 0.1) is 13.8 Å². The predicted octanol–water partition coefficient (Wildman–Crippen LogP) is 2.81. The SMILES string of the molecule is Cc1ccc(NC(CN)c2ccccn2)cc1C. The third-order valence-electron chi connectivity index (χ3n) is 3.13. The maximum absolute atomic E-state index is 5.82. The Bertz CT molecular complexity index is 508. The molecule has 0 spiro atoms. The molecule has 1 aromatic carbocycles. The highest BCUT2D eigenvalue weighted by molar-refractivity contribution is 5.49. The number of hydrogen-bond acceptors (Lipinski definition) is 3. The Morgan fingerprint density at radius 3 is 2.61 bits per heavy atom. The Kier molecular flexibility index (Phi) is 3.95. The Morgan fingerprint density at radius 1 is 1.17 bits per heavy atom. The summed E-state index contributed by atoms with van der Waals surface area (Å²) in [5, 5.41) is 3.43. The second kappa shape index (κ2) is 5.65. The lowest BCUT2D eigenvalue weighted by Gasteiger charge is -2.18. The van der Waals surface area contributed by atoms with Gasteiger partial charge in [0.2, 0.25) is 0 Å². The normalized spacial score (nSPS) is 12.2. The van der Waals surface area contributed by atoms with Gasteiger partial charge in [-0.1, -0.05) is 12.1 Å². The molecule has 2 rings (SSSR count). The largest absolute Gasteiger partial charge is 0.375 e. The van der Waals surface area contributed by atoms with E-state index in [0.717, 1.165) is 11.4 Å². The van der Waals surface area contributed by atoms with E-state index in [9.17, 15) is 0 Å². The fraction of sp³-hybridized carbons (Fsp3) is 0.267. The molecule has 3 heteroatoms. The summed E-state index contributed by atoms with van der Waals surface area (Å²) in [4.78, 5) is 4.34. The molecule has 1 heterocycles. The minimum absolute atomic E-state index is 0.0494. The van der Waals surface area contributed by atoms with Gasteiger partial charge < -0.3 is 11.1 Å². The number of benzene rings is 1. The summed E-state index contributed by atoms with van der Waals surface area (Å²) in [6, 6.07) is 12.3. The summed E-state index contributed by atoms with van der Waals surface area (Å²) >= 11 is 0. The molecule has 94 valence electrons. The summed E-state index contributed by atoms with van der Waals surface area (Å²) < 4.78 is 0. The molecule has 0 aliphatic rings. The van der Waals surface area contributed by atoms with Crippen molar-refractivity contribution in [2.45, 2.75) is 19.9 Å². The van der Waals surface area contributed by atoms with E-state index in [-0.39, 0.29) is 6.04 Å². The fourth-order valence-electron chi connectivity index (χ4n) is 1.87. The van der Waals surface area contributed by atoms with Crippen LogP contribution in [0.3, 0.4) is 0 Å². The van der Waals surface area contributed by atoms with Crippen LogP contribution in [0.4, 0.5) is 5.69 Å². The van der Waals surface area contributed by atoms with Crippen LogP contribution in [0.15, 0.2) is 42.6 Å². The van der Waals surface area contributed by atoms with Gasteiger partial charge in [-0.3, -0.25) is 4.98 Å². The monoisotopic (exact) mass is 241 g/mol. The Labute approximate surface area is 108 Å². The molecule has 2 aromatic rings. The summed E-state index contributed by atoms with van der Waals surface area (Å²) in [5.74, 6) is 0. The van der Waals surface area contributed by atoms with Gasteiger partial charge in [-0.25, -0.2) is 0 Å². The first-order valence-electron chi connectivity index (χ1n) is 6.15. The van der Waals surface area contributed by atoms with Crippen LogP contribution < -0.4 is 11.1 Å². The predicted molar refractivity (Wildman–Crippen MR) is 75.6 cm³/mol. The molecule has 0 amide bonds. The second-order valence-electron chi connectivity index (χ2n) is 4.49. The van der Waals surface area contributed by atoms with Crippen molar-refractivity contribution in [3.05, 3.63) is 59.4 Å². The first kappa shape index (κ1) is 12.6. The molecular formula is C15H19N3. The van der Waals surface area contributed by atoms with Gasteiger partial charge in [0.15, 0.2) is 0 Å². The number of nitrogens with two attached hydrogens (primary N) is 1. The zero-order chi connectivity index (χ0) is 13.0. The summed E-state index contributed by atoms with van der Waals surface area (Å²) in [5.41, 5.74) is 10.4. The zero-order valence-electron chi connectivity index (χ0n) is 10.9. The zero-order valence-corrected chi connectivity index (χ0v) is 10.9. The molecule has 1 atom stereocenters. The van der Waals surface area contributed by atoms with Crippen molar-refractivity contribution in [1.29, 1.82) is 0 Å². The maximum Gasteiger partial charge on any atom is 0.0807 e. The number of rotatable bonds is 4. The highest BCUT2D eigenvalue weighted by Crippen LogP contribution is 2.19. The van der Waals surface area contributed by atoms with Crippen LogP contribution in [0.2, 0.25) is 0 Å². The van der Waals surface area contributed by atoms with Crippen LogP contribution in [-0.2, 0) is 0 Å². The van der Waals surface area contributed by atoms with Crippen molar-refractivity contribution in [3.63, 3.8) is 0 Å². The lowest BCUT2D eigenvalue weighted by molar-refractivity contribution is 0.760. The van der Waals surface area contributed by atoms with E-state index in [2.05, 4.69) is 42.3 Å². The first-order chi connectivity index (χ1) is 8.70. The van der Waals surface area contributed by atoms with Gasteiger partial charge in [0.25, 0.3) is 0 Å². The number of anilines is 1. The molecule has 3 N–H and O–H groups in total. The smallest absolute Gasteiger partial charge is 0.0807 e. The van der Waals surface area contributed by atoms with Crippen molar-refractivity contribution in [1.82, 2.24) is 4.98 Å². The van der Waals surface area contributed by atoms with Gasteiger partial charge in [-0.2, -0.15) is 0 Å². The first-order valence-corrected chi connectivity index (χ1v) is 6.15. The van der Waals surface area contributed by atoms with E-state index in [1.54, 1.807) is 6.20 Å². The lowest BCUT2D eigenvalue weighted by Crippen LogP contribution is -2.21. The molecule has 0 aliphatic heterocycles. The van der Waals surface area contributed by atoms with E-state index in [1.165, 1.54) is 11.1 Å². The average Bonchev–Trinajstić information content (AvgIpc) is 2.41. The molecule has 0 saturated carbocycles. The Hall–Kier alpha value is -1.87. The standard InChI is InChI=1S/C15H19N3/c1-11-6-7-13(9-12(11)2)18-15(10-16)14-5-3-4-8-17-14/h3-9,15,18H,10,16H2,1-2H3. The van der Waals surface area contributed by atoms with E-state index < -0.39 is 0 Å². The van der Waals surface area contributed by atoms with Crippen molar-refractivity contribution in [3.8, 4) is 0 Å². The summed E-state index contributed by atoms with van der Waals surface area (Å²) in [6.45, 7) is 4.74. The van der Waals surface area contributed by atoms with Crippen molar-refractivity contribution in [2.24, 2.45) is 5.73 Å². The molecule has 0 radical (unpaired) electrons. The number of nitrogens with zero attached hydrogens (tertiary/aromatic N) is 1. The highest BCUT2D eigenvalue weighted by Gasteiger charge is 2.10. The molecule has 0 bridgehead atoms. The van der Waals surface area contributed by atoms with Crippen LogP contribution in [0.5, 0.6) is 0 Å². The second-order valence-corrected chi connectivity index (χ2v) is 4.49. The molecular weight excluding hydrogens is 222 g/mol. The molecule has 0 saturated heterocycles. The molecule has 0 fully saturated rings. The number of aryl methyl sites for hydroxylation is 2. The van der Waals surface area contributed by atoms with E-state index in [4.69, 9.17) is 5.73 Å². The van der Waals surface area contributed by atoms with Crippen molar-refractivity contribution < 1.29 is 0 Å². The van der Waals surface area contributed by atoms with E-state index >= 15 is 0 Å². The molecule has 18 heavy (non-hydrogen) atoms. The van der Waals surface area contributed by atoms with Gasteiger partial charge in [-0.05, 0) is 49.2 Å². The van der Waals surface area contributed by atoms with Crippen LogP contribution in [0.25, 0.3) is 0 Å². The van der Waals surface area contributed by atoms with Crippen LogP contribution in [-0.4, -0.2) is 11.5 Å². The van der Waals surface area contributed by atoms with Crippen LogP contribution >= 0.6 is 0 Å².